The zero-order valence-electron chi connectivity index (χ0n) is 16.9. The molecule has 0 atom stereocenters. The molecule has 2 heterocycles. The van der Waals surface area contributed by atoms with Gasteiger partial charge in [-0.15, -0.1) is 5.10 Å². The average molecular weight is 425 g/mol. The molecule has 31 heavy (non-hydrogen) atoms. The van der Waals surface area contributed by atoms with Crippen LogP contribution in [0.25, 0.3) is 22.2 Å². The van der Waals surface area contributed by atoms with Gasteiger partial charge in [0.2, 0.25) is 5.91 Å². The number of aromatic nitrogens is 1. The second kappa shape index (κ2) is 8.24. The number of aryl methyl sites for hydroxylation is 1. The highest BCUT2D eigenvalue weighted by Crippen LogP contribution is 2.30. The molecule has 0 radical (unpaired) electrons. The number of carbonyl (C=O) groups excluding carboxylic acids is 1. The fourth-order valence-corrected chi connectivity index (χ4v) is 4.47. The van der Waals surface area contributed by atoms with Gasteiger partial charge in [-0.3, -0.25) is 9.69 Å². The van der Waals surface area contributed by atoms with Crippen molar-refractivity contribution in [3.8, 4) is 11.3 Å². The Bertz CT molecular complexity index is 1310. The van der Waals surface area contributed by atoms with Crippen molar-refractivity contribution >= 4 is 45.6 Å². The third kappa shape index (κ3) is 3.78. The van der Waals surface area contributed by atoms with Gasteiger partial charge < -0.3 is 4.98 Å². The second-order valence-electron chi connectivity index (χ2n) is 7.31. The first-order valence-electron chi connectivity index (χ1n) is 10.0. The number of carbonyl (C=O) groups is 1. The van der Waals surface area contributed by atoms with E-state index in [1.807, 2.05) is 42.5 Å². The Hall–Kier alpha value is -3.64. The predicted molar refractivity (Wildman–Crippen MR) is 130 cm³/mol. The van der Waals surface area contributed by atoms with E-state index in [1.165, 1.54) is 17.3 Å². The van der Waals surface area contributed by atoms with Crippen LogP contribution in [0, 0.1) is 6.92 Å². The maximum absolute atomic E-state index is 12.4. The summed E-state index contributed by atoms with van der Waals surface area (Å²) >= 11 is 1.40. The molecule has 1 amide bonds. The van der Waals surface area contributed by atoms with Crippen molar-refractivity contribution in [2.75, 3.05) is 10.7 Å². The molecule has 1 aliphatic rings. The van der Waals surface area contributed by atoms with Crippen LogP contribution in [0.2, 0.25) is 0 Å². The molecule has 0 saturated carbocycles. The zero-order valence-corrected chi connectivity index (χ0v) is 17.8. The van der Waals surface area contributed by atoms with Gasteiger partial charge in [0.25, 0.3) is 0 Å². The van der Waals surface area contributed by atoms with Crippen LogP contribution in [0.3, 0.4) is 0 Å². The van der Waals surface area contributed by atoms with Crippen LogP contribution >= 0.6 is 11.8 Å². The number of hydrogen-bond acceptors (Lipinski definition) is 4. The van der Waals surface area contributed by atoms with Crippen molar-refractivity contribution in [3.63, 3.8) is 0 Å². The number of nitrogens with one attached hydrogen (secondary N) is 1. The minimum Gasteiger partial charge on any atom is -0.354 e. The van der Waals surface area contributed by atoms with Gasteiger partial charge in [-0.25, -0.2) is 0 Å². The summed E-state index contributed by atoms with van der Waals surface area (Å²) in [5.74, 6) is 0.378. The first kappa shape index (κ1) is 19.3. The Morgan fingerprint density at radius 3 is 2.52 bits per heavy atom. The molecule has 1 saturated heterocycles. The van der Waals surface area contributed by atoms with Crippen LogP contribution in [0.15, 0.2) is 89.1 Å². The molecule has 1 aliphatic heterocycles. The molecule has 0 spiro atoms. The van der Waals surface area contributed by atoms with E-state index < -0.39 is 0 Å². The lowest BCUT2D eigenvalue weighted by atomic mass is 10.0. The van der Waals surface area contributed by atoms with E-state index in [0.717, 1.165) is 33.4 Å². The highest BCUT2D eigenvalue weighted by atomic mass is 32.2. The van der Waals surface area contributed by atoms with E-state index in [4.69, 9.17) is 0 Å². The maximum atomic E-state index is 12.4. The normalized spacial score (nSPS) is 15.6. The third-order valence-corrected chi connectivity index (χ3v) is 6.11. The molecule has 152 valence electrons. The summed E-state index contributed by atoms with van der Waals surface area (Å²) < 4.78 is 0. The number of benzene rings is 3. The predicted octanol–water partition coefficient (Wildman–Crippen LogP) is 5.61. The molecule has 0 aliphatic carbocycles. The van der Waals surface area contributed by atoms with Gasteiger partial charge in [0.1, 0.15) is 0 Å². The van der Waals surface area contributed by atoms with E-state index in [0.29, 0.717) is 10.9 Å². The second-order valence-corrected chi connectivity index (χ2v) is 8.25. The highest BCUT2D eigenvalue weighted by Gasteiger charge is 2.29. The van der Waals surface area contributed by atoms with Gasteiger partial charge in [-0.05, 0) is 30.7 Å². The van der Waals surface area contributed by atoms with E-state index in [9.17, 15) is 4.79 Å². The number of thioether (sulfide) groups is 1. The lowest BCUT2D eigenvalue weighted by Crippen LogP contribution is -2.28. The summed E-state index contributed by atoms with van der Waals surface area (Å²) in [5.41, 5.74) is 6.13. The molecule has 0 bridgehead atoms. The number of aromatic amines is 1. The largest absolute Gasteiger partial charge is 0.354 e. The van der Waals surface area contributed by atoms with E-state index >= 15 is 0 Å². The first-order chi connectivity index (χ1) is 15.2. The number of anilines is 1. The van der Waals surface area contributed by atoms with Gasteiger partial charge in [-0.1, -0.05) is 78.0 Å². The van der Waals surface area contributed by atoms with Crippen molar-refractivity contribution in [1.82, 2.24) is 4.98 Å². The van der Waals surface area contributed by atoms with Gasteiger partial charge in [0.15, 0.2) is 5.17 Å². The van der Waals surface area contributed by atoms with Crippen LogP contribution in [0.5, 0.6) is 0 Å². The molecule has 6 heteroatoms. The number of para-hydroxylation sites is 2. The highest BCUT2D eigenvalue weighted by molar-refractivity contribution is 8.15. The number of amides is 1. The van der Waals surface area contributed by atoms with Crippen LogP contribution in [0.1, 0.15) is 11.1 Å². The Labute approximate surface area is 184 Å². The zero-order chi connectivity index (χ0) is 21.2. The number of rotatable bonds is 4. The SMILES string of the molecule is Cc1ccc(-c2[nH]c3ccccc3c2/C=N/N=C2\SCC(=O)N2c2ccccc2)cc1. The molecule has 3 aromatic carbocycles. The van der Waals surface area contributed by atoms with Crippen LogP contribution in [-0.4, -0.2) is 28.0 Å². The third-order valence-electron chi connectivity index (χ3n) is 5.20. The quantitative estimate of drug-likeness (QED) is 0.342. The Kier molecular flexibility index (Phi) is 5.14. The summed E-state index contributed by atoms with van der Waals surface area (Å²) in [7, 11) is 0. The smallest absolute Gasteiger partial charge is 0.243 e. The average Bonchev–Trinajstić information content (AvgIpc) is 3.35. The van der Waals surface area contributed by atoms with Gasteiger partial charge >= 0.3 is 0 Å². The van der Waals surface area contributed by atoms with Crippen LogP contribution in [0.4, 0.5) is 5.69 Å². The number of fused-ring (bicyclic) bond motifs is 1. The number of hydrogen-bond donors (Lipinski definition) is 1. The summed E-state index contributed by atoms with van der Waals surface area (Å²) in [5, 5.41) is 10.5. The van der Waals surface area contributed by atoms with Crippen LogP contribution < -0.4 is 4.90 Å². The number of amidine groups is 1. The standard InChI is InChI=1S/C25H20N4OS/c1-17-11-13-18(14-12-17)24-21(20-9-5-6-10-22(20)27-24)15-26-28-25-29(23(30)16-31-25)19-7-3-2-4-8-19/h2-15,27H,16H2,1H3/b26-15+,28-25-. The molecular formula is C25H20N4OS. The maximum Gasteiger partial charge on any atom is 0.243 e. The molecule has 5 rings (SSSR count). The fourth-order valence-electron chi connectivity index (χ4n) is 3.65. The molecule has 5 nitrogen and oxygen atoms in total. The monoisotopic (exact) mass is 424 g/mol. The number of H-pyrrole nitrogens is 1. The molecule has 4 aromatic rings. The molecule has 1 aromatic heterocycles. The molecule has 1 N–H and O–H groups in total. The summed E-state index contributed by atoms with van der Waals surface area (Å²) in [4.78, 5) is 17.5. The summed E-state index contributed by atoms with van der Waals surface area (Å²) in [6.07, 6.45) is 1.77. The van der Waals surface area contributed by atoms with Gasteiger partial charge in [0, 0.05) is 16.5 Å². The van der Waals surface area contributed by atoms with Crippen molar-refractivity contribution in [2.24, 2.45) is 10.2 Å². The summed E-state index contributed by atoms with van der Waals surface area (Å²) in [6, 6.07) is 26.1. The first-order valence-corrected chi connectivity index (χ1v) is 11.0. The molecule has 1 fully saturated rings. The van der Waals surface area contributed by atoms with Gasteiger partial charge in [0.05, 0.1) is 23.3 Å². The lowest BCUT2D eigenvalue weighted by Gasteiger charge is -2.14. The van der Waals surface area contributed by atoms with Crippen molar-refractivity contribution in [1.29, 1.82) is 0 Å². The van der Waals surface area contributed by atoms with E-state index in [-0.39, 0.29) is 5.91 Å². The summed E-state index contributed by atoms with van der Waals surface area (Å²) in [6.45, 7) is 2.08. The van der Waals surface area contributed by atoms with E-state index in [1.54, 1.807) is 11.1 Å². The molecular weight excluding hydrogens is 404 g/mol. The topological polar surface area (TPSA) is 60.8 Å². The minimum atomic E-state index is 0.0117. The fraction of sp³-hybridized carbons (Fsp3) is 0.0800. The molecule has 0 unspecified atom stereocenters. The Morgan fingerprint density at radius 1 is 0.968 bits per heavy atom. The van der Waals surface area contributed by atoms with Crippen molar-refractivity contribution in [2.45, 2.75) is 6.92 Å². The number of nitrogens with zero attached hydrogens (tertiary/aromatic N) is 3. The lowest BCUT2D eigenvalue weighted by molar-refractivity contribution is -0.115. The Morgan fingerprint density at radius 2 is 1.71 bits per heavy atom. The van der Waals surface area contributed by atoms with Crippen LogP contribution in [-0.2, 0) is 4.79 Å². The minimum absolute atomic E-state index is 0.0117. The van der Waals surface area contributed by atoms with Crippen molar-refractivity contribution < 1.29 is 4.79 Å². The van der Waals surface area contributed by atoms with Crippen molar-refractivity contribution in [3.05, 3.63) is 90.0 Å². The van der Waals surface area contributed by atoms with E-state index in [2.05, 4.69) is 58.5 Å². The van der Waals surface area contributed by atoms with Gasteiger partial charge in [-0.2, -0.15) is 5.10 Å². The Balaban J connectivity index is 1.53.